The van der Waals surface area contributed by atoms with Crippen LogP contribution in [-0.4, -0.2) is 19.5 Å². The Hall–Kier alpha value is -7.43. The molecule has 2 aromatic heterocycles. The smallest absolute Gasteiger partial charge is 0.164 e. The summed E-state index contributed by atoms with van der Waals surface area (Å²) in [6.07, 6.45) is 0. The highest BCUT2D eigenvalue weighted by Gasteiger charge is 2.15. The van der Waals surface area contributed by atoms with Gasteiger partial charge in [-0.25, -0.2) is 15.0 Å². The molecular formula is C51H34N4. The molecule has 0 aliphatic heterocycles. The molecule has 0 saturated heterocycles. The quantitative estimate of drug-likeness (QED) is 0.164. The zero-order valence-corrected chi connectivity index (χ0v) is 28.4. The van der Waals surface area contributed by atoms with Crippen molar-refractivity contribution in [2.45, 2.75) is 0 Å². The molecule has 0 unspecified atom stereocenters. The Morgan fingerprint density at radius 1 is 0.327 bits per heavy atom. The molecular weight excluding hydrogens is 669 g/mol. The third-order valence-electron chi connectivity index (χ3n) is 8.76. The number of benzene rings is 8. The average Bonchev–Trinajstić information content (AvgIpc) is 3.77. The topological polar surface area (TPSA) is 43.6 Å². The van der Waals surface area contributed by atoms with Crippen LogP contribution in [0.3, 0.4) is 0 Å². The molecule has 0 bridgehead atoms. The van der Waals surface area contributed by atoms with Crippen molar-refractivity contribution in [1.29, 1.82) is 0 Å². The van der Waals surface area contributed by atoms with Crippen molar-refractivity contribution >= 4 is 21.8 Å². The molecule has 0 spiro atoms. The highest BCUT2D eigenvalue weighted by molar-refractivity contribution is 6.10. The monoisotopic (exact) mass is 722 g/mol. The normalized spacial score (nSPS) is 16.4. The average molecular weight is 723 g/mol. The fraction of sp³-hybridized carbons (Fsp3) is 0. The summed E-state index contributed by atoms with van der Waals surface area (Å²) in [5, 5.41) is -0.989. The van der Waals surface area contributed by atoms with Gasteiger partial charge in [0.15, 0.2) is 17.5 Å². The Morgan fingerprint density at radius 3 is 1.45 bits per heavy atom. The van der Waals surface area contributed by atoms with E-state index >= 15 is 0 Å². The fourth-order valence-electron chi connectivity index (χ4n) is 6.11. The Balaban J connectivity index is 1.20. The molecule has 0 N–H and O–H groups in total. The first kappa shape index (κ1) is 17.6. The van der Waals surface area contributed by atoms with Crippen molar-refractivity contribution in [3.05, 3.63) is 206 Å². The lowest BCUT2D eigenvalue weighted by Gasteiger charge is -2.11. The molecule has 0 atom stereocenters. The second kappa shape index (κ2) is 13.8. The Morgan fingerprint density at radius 2 is 0.782 bits per heavy atom. The predicted octanol–water partition coefficient (Wildman–Crippen LogP) is 13.0. The second-order valence-electron chi connectivity index (χ2n) is 12.1. The summed E-state index contributed by atoms with van der Waals surface area (Å²) in [4.78, 5) is 14.0. The molecule has 0 fully saturated rings. The molecule has 4 nitrogen and oxygen atoms in total. The van der Waals surface area contributed by atoms with E-state index in [2.05, 4.69) is 9.97 Å². The van der Waals surface area contributed by atoms with Gasteiger partial charge in [0.1, 0.15) is 0 Å². The first-order valence-corrected chi connectivity index (χ1v) is 16.9. The van der Waals surface area contributed by atoms with Crippen LogP contribution >= 0.6 is 0 Å². The lowest BCUT2D eigenvalue weighted by Crippen LogP contribution is -2.00. The van der Waals surface area contributed by atoms with Crippen molar-refractivity contribution in [2.24, 2.45) is 0 Å². The van der Waals surface area contributed by atoms with Gasteiger partial charge in [0.2, 0.25) is 0 Å². The molecule has 10 rings (SSSR count). The number of aromatic nitrogens is 4. The van der Waals surface area contributed by atoms with E-state index in [1.165, 1.54) is 0 Å². The highest BCUT2D eigenvalue weighted by Crippen LogP contribution is 2.36. The lowest BCUT2D eigenvalue weighted by molar-refractivity contribution is 1.07. The molecule has 2 heterocycles. The van der Waals surface area contributed by atoms with Gasteiger partial charge in [0.05, 0.1) is 38.4 Å². The largest absolute Gasteiger partial charge is 0.309 e. The summed E-state index contributed by atoms with van der Waals surface area (Å²) in [6, 6.07) is 9.00. The molecule has 0 saturated carbocycles. The van der Waals surface area contributed by atoms with Crippen LogP contribution in [0.15, 0.2) is 206 Å². The minimum Gasteiger partial charge on any atom is -0.309 e. The van der Waals surface area contributed by atoms with E-state index in [1.54, 1.807) is 42.5 Å². The molecule has 0 amide bonds. The maximum absolute atomic E-state index is 9.44. The number of para-hydroxylation sites is 1. The number of rotatable bonds is 7. The third kappa shape index (κ3) is 6.16. The maximum atomic E-state index is 9.44. The van der Waals surface area contributed by atoms with Gasteiger partial charge >= 0.3 is 0 Å². The van der Waals surface area contributed by atoms with Crippen molar-refractivity contribution in [2.75, 3.05) is 0 Å². The minimum absolute atomic E-state index is 0.140. The number of hydrogen-bond donors (Lipinski definition) is 0. The number of hydrogen-bond acceptors (Lipinski definition) is 3. The third-order valence-corrected chi connectivity index (χ3v) is 8.76. The van der Waals surface area contributed by atoms with Crippen LogP contribution in [0.5, 0.6) is 0 Å². The van der Waals surface area contributed by atoms with Gasteiger partial charge in [-0.05, 0) is 63.6 Å². The van der Waals surface area contributed by atoms with Gasteiger partial charge in [-0.3, -0.25) is 0 Å². The summed E-state index contributed by atoms with van der Waals surface area (Å²) < 4.78 is 181. The van der Waals surface area contributed by atoms with Crippen LogP contribution < -0.4 is 0 Å². The van der Waals surface area contributed by atoms with Gasteiger partial charge in [-0.15, -0.1) is 0 Å². The summed E-state index contributed by atoms with van der Waals surface area (Å²) in [5.74, 6) is 0.0366. The van der Waals surface area contributed by atoms with E-state index in [9.17, 15) is 13.7 Å². The van der Waals surface area contributed by atoms with Crippen molar-refractivity contribution in [1.82, 2.24) is 19.5 Å². The SMILES string of the molecule is [2H]c1c([2H])c([2H])c(-c2c([2H])c([2H])c3c(c2[2H])c2c([2H])c([2H])c([2H])c([2H])c2n3-c2c([2H])c([2H])c(-c3c([2H])c([2H])c(-c4nc(-c5ccccc5)nc(-c5ccc(-c6ccccc6)cc5)n4)c([2H])c3[2H])c([2H])c2[2H])c([2H])c1[2H]. The molecule has 0 aliphatic carbocycles. The molecule has 258 valence electrons. The van der Waals surface area contributed by atoms with E-state index in [1.807, 2.05) is 42.5 Å². The number of nitrogens with zero attached hydrogens (tertiary/aromatic N) is 4. The summed E-state index contributed by atoms with van der Waals surface area (Å²) in [7, 11) is 0. The minimum atomic E-state index is -0.960. The lowest BCUT2D eigenvalue weighted by atomic mass is 10.0. The van der Waals surface area contributed by atoms with Crippen LogP contribution in [0.2, 0.25) is 0 Å². The summed E-state index contributed by atoms with van der Waals surface area (Å²) in [6.45, 7) is 0. The molecule has 0 radical (unpaired) electrons. The number of fused-ring (bicyclic) bond motifs is 3. The first-order valence-electron chi connectivity index (χ1n) is 26.9. The fourth-order valence-corrected chi connectivity index (χ4v) is 6.11. The molecule has 10 aromatic rings. The standard InChI is InChI=1S/C51H34N4/c1-4-12-35(13-5-1)37-20-24-41(25-21-37)50-52-49(40-16-8-3-9-17-40)53-51(54-50)42-26-22-38(23-27-42)39-28-31-44(32-29-39)55-47-19-11-10-18-45(47)46-34-43(30-33-48(46)55)36-14-6-2-7-15-36/h1-34H/i2D,6D,7D,10D,11D,14D,15D,18D,19D,22D,23D,26D,27D,28D,29D,30D,31D,32D,33D,34D. The van der Waals surface area contributed by atoms with E-state index in [0.717, 1.165) is 15.7 Å². The molecule has 8 aromatic carbocycles. The van der Waals surface area contributed by atoms with E-state index in [0.29, 0.717) is 11.1 Å². The Kier molecular flexibility index (Phi) is 4.43. The van der Waals surface area contributed by atoms with Gasteiger partial charge in [0, 0.05) is 33.2 Å². The van der Waals surface area contributed by atoms with Crippen LogP contribution in [0.4, 0.5) is 0 Å². The Bertz CT molecular complexity index is 4020. The summed E-state index contributed by atoms with van der Waals surface area (Å²) >= 11 is 0. The van der Waals surface area contributed by atoms with E-state index in [4.69, 9.17) is 18.7 Å². The van der Waals surface area contributed by atoms with Gasteiger partial charge in [0.25, 0.3) is 0 Å². The maximum Gasteiger partial charge on any atom is 0.164 e. The highest BCUT2D eigenvalue weighted by atomic mass is 15.0. The van der Waals surface area contributed by atoms with Crippen LogP contribution in [0.1, 0.15) is 27.4 Å². The zero-order valence-electron chi connectivity index (χ0n) is 48.4. The zero-order chi connectivity index (χ0) is 54.0. The molecule has 55 heavy (non-hydrogen) atoms. The van der Waals surface area contributed by atoms with Gasteiger partial charge in [-0.1, -0.05) is 176 Å². The second-order valence-corrected chi connectivity index (χ2v) is 12.1. The van der Waals surface area contributed by atoms with Crippen LogP contribution in [-0.2, 0) is 0 Å². The van der Waals surface area contributed by atoms with Crippen molar-refractivity contribution in [3.8, 4) is 73.2 Å². The summed E-state index contributed by atoms with van der Waals surface area (Å²) in [5.41, 5.74) is -1.95. The van der Waals surface area contributed by atoms with Gasteiger partial charge < -0.3 is 4.57 Å². The van der Waals surface area contributed by atoms with Crippen molar-refractivity contribution in [3.63, 3.8) is 0 Å². The van der Waals surface area contributed by atoms with Gasteiger partial charge in [-0.2, -0.15) is 0 Å². The molecule has 4 heteroatoms. The Labute approximate surface area is 347 Å². The van der Waals surface area contributed by atoms with Crippen LogP contribution in [0.25, 0.3) is 95.0 Å². The first-order chi connectivity index (χ1) is 35.6. The van der Waals surface area contributed by atoms with E-state index < -0.39 is 171 Å². The molecule has 0 aliphatic rings. The predicted molar refractivity (Wildman–Crippen MR) is 227 cm³/mol. The van der Waals surface area contributed by atoms with E-state index in [-0.39, 0.29) is 23.0 Å². The van der Waals surface area contributed by atoms with Crippen molar-refractivity contribution < 1.29 is 27.4 Å². The van der Waals surface area contributed by atoms with Crippen LogP contribution in [0, 0.1) is 0 Å².